The summed E-state index contributed by atoms with van der Waals surface area (Å²) in [4.78, 5) is 0. The number of aliphatic hydroxyl groups is 2. The van der Waals surface area contributed by atoms with Crippen LogP contribution in [-0.4, -0.2) is 22.4 Å². The van der Waals surface area contributed by atoms with Crippen molar-refractivity contribution in [1.29, 1.82) is 0 Å². The first kappa shape index (κ1) is 14.5. The van der Waals surface area contributed by atoms with Crippen LogP contribution in [0.5, 0.6) is 0 Å². The molecular formula is C15H26O2. The predicted octanol–water partition coefficient (Wildman–Crippen LogP) is 3.06. The summed E-state index contributed by atoms with van der Waals surface area (Å²) < 4.78 is 0. The fourth-order valence-electron chi connectivity index (χ4n) is 2.93. The molecule has 0 bridgehead atoms. The van der Waals surface area contributed by atoms with Crippen molar-refractivity contribution in [3.63, 3.8) is 0 Å². The number of hydrogen-bond acceptors (Lipinski definition) is 2. The lowest BCUT2D eigenvalue weighted by Gasteiger charge is -2.46. The molecular weight excluding hydrogens is 212 g/mol. The first-order valence-electron chi connectivity index (χ1n) is 6.54. The van der Waals surface area contributed by atoms with E-state index in [9.17, 15) is 10.2 Å². The molecule has 0 aliphatic heterocycles. The van der Waals surface area contributed by atoms with Gasteiger partial charge >= 0.3 is 0 Å². The molecule has 2 heteroatoms. The van der Waals surface area contributed by atoms with Crippen LogP contribution < -0.4 is 0 Å². The first-order chi connectivity index (χ1) is 7.91. The molecule has 0 unspecified atom stereocenters. The van der Waals surface area contributed by atoms with Crippen LogP contribution in [0, 0.1) is 11.3 Å². The van der Waals surface area contributed by atoms with Gasteiger partial charge in [0.2, 0.25) is 0 Å². The van der Waals surface area contributed by atoms with Gasteiger partial charge in [-0.2, -0.15) is 0 Å². The van der Waals surface area contributed by atoms with E-state index in [1.165, 1.54) is 5.57 Å². The van der Waals surface area contributed by atoms with E-state index in [1.54, 1.807) is 0 Å². The lowest BCUT2D eigenvalue weighted by Crippen LogP contribution is -2.48. The molecule has 17 heavy (non-hydrogen) atoms. The summed E-state index contributed by atoms with van der Waals surface area (Å²) in [6.07, 6.45) is 6.54. The van der Waals surface area contributed by atoms with E-state index in [1.807, 2.05) is 6.08 Å². The Balaban J connectivity index is 2.79. The van der Waals surface area contributed by atoms with Gasteiger partial charge in [-0.15, -0.1) is 6.58 Å². The van der Waals surface area contributed by atoms with Crippen molar-refractivity contribution in [2.75, 3.05) is 0 Å². The molecule has 0 aromatic carbocycles. The van der Waals surface area contributed by atoms with E-state index < -0.39 is 0 Å². The molecule has 1 rings (SSSR count). The maximum atomic E-state index is 10.2. The minimum Gasteiger partial charge on any atom is -0.393 e. The van der Waals surface area contributed by atoms with Gasteiger partial charge in [0.15, 0.2) is 0 Å². The second kappa shape index (κ2) is 5.83. The summed E-state index contributed by atoms with van der Waals surface area (Å²) in [6, 6.07) is 0. The molecule has 0 radical (unpaired) electrons. The molecule has 1 aliphatic carbocycles. The van der Waals surface area contributed by atoms with Crippen molar-refractivity contribution in [1.82, 2.24) is 0 Å². The molecule has 98 valence electrons. The highest BCUT2D eigenvalue weighted by atomic mass is 16.3. The predicted molar refractivity (Wildman–Crippen MR) is 71.7 cm³/mol. The number of allylic oxidation sites excluding steroid dienone is 2. The minimum absolute atomic E-state index is 0.00295. The van der Waals surface area contributed by atoms with Crippen molar-refractivity contribution < 1.29 is 10.2 Å². The third-order valence-electron chi connectivity index (χ3n) is 4.16. The Morgan fingerprint density at radius 3 is 2.53 bits per heavy atom. The van der Waals surface area contributed by atoms with E-state index in [4.69, 9.17) is 0 Å². The van der Waals surface area contributed by atoms with E-state index in [2.05, 4.69) is 33.4 Å². The smallest absolute Gasteiger partial charge is 0.0609 e. The molecule has 0 saturated heterocycles. The van der Waals surface area contributed by atoms with E-state index in [0.717, 1.165) is 12.8 Å². The minimum atomic E-state index is -0.354. The lowest BCUT2D eigenvalue weighted by atomic mass is 9.62. The monoisotopic (exact) mass is 238 g/mol. The Morgan fingerprint density at radius 2 is 2.00 bits per heavy atom. The Kier molecular flexibility index (Phi) is 4.96. The summed E-state index contributed by atoms with van der Waals surface area (Å²) in [5.74, 6) is -0.00295. The van der Waals surface area contributed by atoms with Crippen molar-refractivity contribution in [3.05, 3.63) is 24.3 Å². The highest BCUT2D eigenvalue weighted by Crippen LogP contribution is 2.45. The van der Waals surface area contributed by atoms with Crippen LogP contribution in [0.1, 0.15) is 46.5 Å². The zero-order valence-corrected chi connectivity index (χ0v) is 11.3. The fraction of sp³-hybridized carbons (Fsp3) is 0.733. The van der Waals surface area contributed by atoms with Gasteiger partial charge in [0, 0.05) is 11.3 Å². The van der Waals surface area contributed by atoms with E-state index in [-0.39, 0.29) is 23.5 Å². The summed E-state index contributed by atoms with van der Waals surface area (Å²) >= 11 is 0. The molecule has 0 spiro atoms. The Labute approximate surface area is 105 Å². The molecule has 0 aromatic heterocycles. The van der Waals surface area contributed by atoms with Crippen LogP contribution in [0.2, 0.25) is 0 Å². The van der Waals surface area contributed by atoms with E-state index >= 15 is 0 Å². The Bertz CT molecular complexity index is 291. The summed E-state index contributed by atoms with van der Waals surface area (Å²) in [7, 11) is 0. The lowest BCUT2D eigenvalue weighted by molar-refractivity contribution is -0.0861. The Morgan fingerprint density at radius 1 is 1.35 bits per heavy atom. The molecule has 0 amide bonds. The summed E-state index contributed by atoms with van der Waals surface area (Å²) in [5.41, 5.74) is 1.06. The third kappa shape index (κ3) is 3.20. The zero-order valence-electron chi connectivity index (χ0n) is 11.3. The maximum absolute atomic E-state index is 10.2. The van der Waals surface area contributed by atoms with Crippen LogP contribution in [0.25, 0.3) is 0 Å². The van der Waals surface area contributed by atoms with Gasteiger partial charge in [0.25, 0.3) is 0 Å². The van der Waals surface area contributed by atoms with Crippen LogP contribution in [0.3, 0.4) is 0 Å². The first-order valence-corrected chi connectivity index (χ1v) is 6.54. The van der Waals surface area contributed by atoms with Crippen molar-refractivity contribution in [2.24, 2.45) is 11.3 Å². The zero-order chi connectivity index (χ0) is 13.1. The van der Waals surface area contributed by atoms with Crippen LogP contribution >= 0.6 is 0 Å². The van der Waals surface area contributed by atoms with Crippen molar-refractivity contribution in [3.8, 4) is 0 Å². The highest BCUT2D eigenvalue weighted by Gasteiger charge is 2.45. The number of hydrogen-bond donors (Lipinski definition) is 2. The van der Waals surface area contributed by atoms with Crippen molar-refractivity contribution >= 4 is 0 Å². The molecule has 4 atom stereocenters. The van der Waals surface area contributed by atoms with Gasteiger partial charge < -0.3 is 10.2 Å². The summed E-state index contributed by atoms with van der Waals surface area (Å²) in [5, 5.41) is 20.3. The molecule has 0 heterocycles. The molecule has 1 aliphatic rings. The standard InChI is InChI=1S/C15H26O2/c1-5-12-13(16)8-9-14(17)15(12,4)10-6-7-11(2)3/h5,7,12-14,16-17H,1,6,8-10H2,2-4H3/t12-,13+,14-,15+/m0/s1. The van der Waals surface area contributed by atoms with Gasteiger partial charge in [0.1, 0.15) is 0 Å². The molecule has 2 N–H and O–H groups in total. The largest absolute Gasteiger partial charge is 0.393 e. The highest BCUT2D eigenvalue weighted by molar-refractivity contribution is 5.05. The van der Waals surface area contributed by atoms with Crippen molar-refractivity contribution in [2.45, 2.75) is 58.7 Å². The Hall–Kier alpha value is -0.600. The number of rotatable bonds is 4. The van der Waals surface area contributed by atoms with Crippen LogP contribution in [-0.2, 0) is 0 Å². The second-order valence-corrected chi connectivity index (χ2v) is 5.75. The molecule has 0 aromatic rings. The van der Waals surface area contributed by atoms with Gasteiger partial charge in [-0.25, -0.2) is 0 Å². The maximum Gasteiger partial charge on any atom is 0.0609 e. The average molecular weight is 238 g/mol. The van der Waals surface area contributed by atoms with Crippen LogP contribution in [0.15, 0.2) is 24.3 Å². The fourth-order valence-corrected chi connectivity index (χ4v) is 2.93. The SMILES string of the molecule is C=C[C@H]1[C@H](O)CC[C@H](O)[C@]1(C)CCC=C(C)C. The topological polar surface area (TPSA) is 40.5 Å². The van der Waals surface area contributed by atoms with Gasteiger partial charge in [-0.1, -0.05) is 24.6 Å². The summed E-state index contributed by atoms with van der Waals surface area (Å²) in [6.45, 7) is 10.1. The average Bonchev–Trinajstić information content (AvgIpc) is 2.24. The second-order valence-electron chi connectivity index (χ2n) is 5.75. The molecule has 1 fully saturated rings. The van der Waals surface area contributed by atoms with E-state index in [0.29, 0.717) is 12.8 Å². The molecule has 1 saturated carbocycles. The van der Waals surface area contributed by atoms with Gasteiger partial charge in [-0.05, 0) is 39.5 Å². The van der Waals surface area contributed by atoms with Crippen LogP contribution in [0.4, 0.5) is 0 Å². The van der Waals surface area contributed by atoms with Gasteiger partial charge in [0.05, 0.1) is 12.2 Å². The normalized spacial score (nSPS) is 37.6. The molecule has 2 nitrogen and oxygen atoms in total. The van der Waals surface area contributed by atoms with Gasteiger partial charge in [-0.3, -0.25) is 0 Å². The quantitative estimate of drug-likeness (QED) is 0.739. The number of aliphatic hydroxyl groups excluding tert-OH is 2. The third-order valence-corrected chi connectivity index (χ3v) is 4.16.